The summed E-state index contributed by atoms with van der Waals surface area (Å²) < 4.78 is 5.66. The summed E-state index contributed by atoms with van der Waals surface area (Å²) in [6.45, 7) is 9.73. The molecule has 1 heterocycles. The Hall–Kier alpha value is -0.800. The van der Waals surface area contributed by atoms with Gasteiger partial charge in [-0.3, -0.25) is 4.90 Å². The highest BCUT2D eigenvalue weighted by Gasteiger charge is 2.22. The zero-order valence-electron chi connectivity index (χ0n) is 14.2. The van der Waals surface area contributed by atoms with Gasteiger partial charge in [-0.05, 0) is 57.2 Å². The van der Waals surface area contributed by atoms with Gasteiger partial charge in [-0.25, -0.2) is 0 Å². The van der Waals surface area contributed by atoms with Crippen molar-refractivity contribution in [1.82, 2.24) is 10.2 Å². The van der Waals surface area contributed by atoms with Crippen LogP contribution in [-0.4, -0.2) is 24.5 Å². The van der Waals surface area contributed by atoms with E-state index < -0.39 is 0 Å². The average Bonchev–Trinajstić information content (AvgIpc) is 2.86. The van der Waals surface area contributed by atoms with Crippen molar-refractivity contribution < 1.29 is 4.42 Å². The molecule has 0 aromatic carbocycles. The van der Waals surface area contributed by atoms with Gasteiger partial charge in [-0.15, -0.1) is 0 Å². The fourth-order valence-electron chi connectivity index (χ4n) is 3.22. The fraction of sp³-hybridized carbons (Fsp3) is 0.778. The van der Waals surface area contributed by atoms with Crippen LogP contribution in [0, 0.1) is 11.8 Å². The van der Waals surface area contributed by atoms with Crippen molar-refractivity contribution in [1.29, 1.82) is 0 Å². The molecule has 120 valence electrons. The van der Waals surface area contributed by atoms with E-state index in [9.17, 15) is 0 Å². The van der Waals surface area contributed by atoms with Gasteiger partial charge in [0.2, 0.25) is 0 Å². The van der Waals surface area contributed by atoms with Crippen molar-refractivity contribution in [3.05, 3.63) is 23.7 Å². The monoisotopic (exact) mass is 292 g/mol. The summed E-state index contributed by atoms with van der Waals surface area (Å²) in [5, 5.41) is 3.47. The first-order valence-electron chi connectivity index (χ1n) is 8.52. The summed E-state index contributed by atoms with van der Waals surface area (Å²) in [6, 6.07) is 2.88. The van der Waals surface area contributed by atoms with Gasteiger partial charge in [-0.1, -0.05) is 20.8 Å². The molecule has 1 aliphatic rings. The number of nitrogens with zero attached hydrogens (tertiary/aromatic N) is 1. The summed E-state index contributed by atoms with van der Waals surface area (Å²) in [5.74, 6) is 2.70. The van der Waals surface area contributed by atoms with Gasteiger partial charge >= 0.3 is 0 Å². The highest BCUT2D eigenvalue weighted by atomic mass is 16.3. The van der Waals surface area contributed by atoms with E-state index in [4.69, 9.17) is 4.42 Å². The molecule has 21 heavy (non-hydrogen) atoms. The molecule has 0 bridgehead atoms. The SMILES string of the molecule is CC(C)CNCc1occc1CN(C)C1CCC(C)CC1. The molecule has 0 atom stereocenters. The molecule has 3 nitrogen and oxygen atoms in total. The Morgan fingerprint density at radius 3 is 2.67 bits per heavy atom. The Morgan fingerprint density at radius 1 is 1.29 bits per heavy atom. The Morgan fingerprint density at radius 2 is 2.00 bits per heavy atom. The second kappa shape index (κ2) is 8.00. The molecule has 1 N–H and O–H groups in total. The number of hydrogen-bond acceptors (Lipinski definition) is 3. The van der Waals surface area contributed by atoms with Crippen molar-refractivity contribution in [3.63, 3.8) is 0 Å². The largest absolute Gasteiger partial charge is 0.468 e. The van der Waals surface area contributed by atoms with E-state index in [-0.39, 0.29) is 0 Å². The Bertz CT molecular complexity index is 405. The van der Waals surface area contributed by atoms with E-state index in [2.05, 4.69) is 44.1 Å². The smallest absolute Gasteiger partial charge is 0.122 e. The summed E-state index contributed by atoms with van der Waals surface area (Å²) in [5.41, 5.74) is 1.34. The number of nitrogens with one attached hydrogen (secondary N) is 1. The number of rotatable bonds is 7. The standard InChI is InChI=1S/C18H32N2O/c1-14(2)11-19-12-18-16(9-10-21-18)13-20(4)17-7-5-15(3)6-8-17/h9-10,14-15,17,19H,5-8,11-13H2,1-4H3. The van der Waals surface area contributed by atoms with Crippen LogP contribution in [0.15, 0.2) is 16.7 Å². The van der Waals surface area contributed by atoms with Crippen LogP contribution in [0.1, 0.15) is 57.8 Å². The first-order chi connectivity index (χ1) is 10.1. The minimum Gasteiger partial charge on any atom is -0.468 e. The van der Waals surface area contributed by atoms with Gasteiger partial charge in [0.05, 0.1) is 12.8 Å². The minimum atomic E-state index is 0.676. The van der Waals surface area contributed by atoms with E-state index in [1.807, 2.05) is 6.26 Å². The van der Waals surface area contributed by atoms with E-state index in [0.29, 0.717) is 5.92 Å². The average molecular weight is 292 g/mol. The minimum absolute atomic E-state index is 0.676. The van der Waals surface area contributed by atoms with Crippen molar-refractivity contribution in [2.75, 3.05) is 13.6 Å². The van der Waals surface area contributed by atoms with Crippen LogP contribution < -0.4 is 5.32 Å². The Balaban J connectivity index is 1.83. The second-order valence-electron chi connectivity index (χ2n) is 7.22. The third-order valence-electron chi connectivity index (χ3n) is 4.70. The van der Waals surface area contributed by atoms with Crippen molar-refractivity contribution in [2.45, 2.75) is 65.6 Å². The first kappa shape index (κ1) is 16.6. The molecule has 3 heteroatoms. The lowest BCUT2D eigenvalue weighted by Gasteiger charge is -2.33. The van der Waals surface area contributed by atoms with E-state index in [1.54, 1.807) is 0 Å². The van der Waals surface area contributed by atoms with Crippen LogP contribution in [0.25, 0.3) is 0 Å². The van der Waals surface area contributed by atoms with Crippen molar-refractivity contribution in [2.24, 2.45) is 11.8 Å². The van der Waals surface area contributed by atoms with Crippen LogP contribution in [0.2, 0.25) is 0 Å². The van der Waals surface area contributed by atoms with Crippen molar-refractivity contribution in [3.8, 4) is 0 Å². The van der Waals surface area contributed by atoms with E-state index in [1.165, 1.54) is 31.2 Å². The van der Waals surface area contributed by atoms with E-state index >= 15 is 0 Å². The second-order valence-corrected chi connectivity index (χ2v) is 7.22. The molecular formula is C18H32N2O. The van der Waals surface area contributed by atoms with Crippen LogP contribution in [0.5, 0.6) is 0 Å². The van der Waals surface area contributed by atoms with Crippen LogP contribution in [0.3, 0.4) is 0 Å². The third-order valence-corrected chi connectivity index (χ3v) is 4.70. The lowest BCUT2D eigenvalue weighted by molar-refractivity contribution is 0.163. The molecule has 1 aromatic heterocycles. The zero-order chi connectivity index (χ0) is 15.2. The molecule has 0 saturated heterocycles. The van der Waals surface area contributed by atoms with Gasteiger partial charge in [0.25, 0.3) is 0 Å². The predicted molar refractivity (Wildman–Crippen MR) is 88.1 cm³/mol. The molecule has 1 aromatic rings. The molecule has 0 spiro atoms. The van der Waals surface area contributed by atoms with Crippen molar-refractivity contribution >= 4 is 0 Å². The summed E-state index contributed by atoms with van der Waals surface area (Å²) in [4.78, 5) is 2.52. The van der Waals surface area contributed by atoms with Crippen LogP contribution in [0.4, 0.5) is 0 Å². The highest BCUT2D eigenvalue weighted by molar-refractivity contribution is 5.17. The number of hydrogen-bond donors (Lipinski definition) is 1. The first-order valence-corrected chi connectivity index (χ1v) is 8.52. The maximum absolute atomic E-state index is 5.66. The summed E-state index contributed by atoms with van der Waals surface area (Å²) in [7, 11) is 2.26. The summed E-state index contributed by atoms with van der Waals surface area (Å²) in [6.07, 6.45) is 7.28. The molecule has 0 unspecified atom stereocenters. The van der Waals surface area contributed by atoms with Gasteiger partial charge in [0.1, 0.15) is 5.76 Å². The third kappa shape index (κ3) is 5.15. The normalized spacial score (nSPS) is 23.1. The maximum Gasteiger partial charge on any atom is 0.122 e. The highest BCUT2D eigenvalue weighted by Crippen LogP contribution is 2.27. The molecule has 0 radical (unpaired) electrons. The molecule has 1 aliphatic carbocycles. The lowest BCUT2D eigenvalue weighted by Crippen LogP contribution is -2.34. The van der Waals surface area contributed by atoms with Gasteiger partial charge in [0, 0.05) is 18.2 Å². The van der Waals surface area contributed by atoms with E-state index in [0.717, 1.165) is 37.4 Å². The van der Waals surface area contributed by atoms with Gasteiger partial charge < -0.3 is 9.73 Å². The van der Waals surface area contributed by atoms with Crippen LogP contribution in [-0.2, 0) is 13.1 Å². The molecule has 0 amide bonds. The number of furan rings is 1. The predicted octanol–water partition coefficient (Wildman–Crippen LogP) is 4.04. The molecule has 1 fully saturated rings. The van der Waals surface area contributed by atoms with Gasteiger partial charge in [0.15, 0.2) is 0 Å². The molecule has 2 rings (SSSR count). The van der Waals surface area contributed by atoms with Crippen LogP contribution >= 0.6 is 0 Å². The van der Waals surface area contributed by atoms with Gasteiger partial charge in [-0.2, -0.15) is 0 Å². The lowest BCUT2D eigenvalue weighted by atomic mass is 9.86. The maximum atomic E-state index is 5.66. The zero-order valence-corrected chi connectivity index (χ0v) is 14.2. The quantitative estimate of drug-likeness (QED) is 0.822. The molecular weight excluding hydrogens is 260 g/mol. The Kier molecular flexibility index (Phi) is 6.31. The summed E-state index contributed by atoms with van der Waals surface area (Å²) >= 11 is 0. The molecule has 1 saturated carbocycles. The molecule has 0 aliphatic heterocycles. The Labute approximate surface area is 130 Å². The fourth-order valence-corrected chi connectivity index (χ4v) is 3.22. The topological polar surface area (TPSA) is 28.4 Å².